The highest BCUT2D eigenvalue weighted by atomic mass is 32.2. The van der Waals surface area contributed by atoms with Gasteiger partial charge in [0.05, 0.1) is 0 Å². The van der Waals surface area contributed by atoms with Crippen LogP contribution in [0, 0.1) is 0 Å². The third kappa shape index (κ3) is 1.25. The van der Waals surface area contributed by atoms with Crippen LogP contribution in [0.4, 0.5) is 0 Å². The van der Waals surface area contributed by atoms with Gasteiger partial charge in [0, 0.05) is 21.6 Å². The van der Waals surface area contributed by atoms with Gasteiger partial charge in [-0.15, -0.1) is 11.8 Å². The molecule has 0 radical (unpaired) electrons. The van der Waals surface area contributed by atoms with E-state index in [0.29, 0.717) is 10.5 Å². The van der Waals surface area contributed by atoms with Gasteiger partial charge in [-0.1, -0.05) is 48.5 Å². The summed E-state index contributed by atoms with van der Waals surface area (Å²) in [4.78, 5) is 12.5. The van der Waals surface area contributed by atoms with Crippen molar-refractivity contribution in [2.75, 3.05) is 0 Å². The standard InChI is InChI=1S/C15H10OS/c16-13-9-5-1-3-7-11(9)14-15(17-14)12-8-4-2-6-10(12)13/h1-8,14-15H. The maximum Gasteiger partial charge on any atom is 0.193 e. The normalized spacial score (nSPS) is 24.4. The second-order valence-corrected chi connectivity index (χ2v) is 5.77. The van der Waals surface area contributed by atoms with Crippen molar-refractivity contribution in [2.45, 2.75) is 10.5 Å². The van der Waals surface area contributed by atoms with E-state index in [1.807, 2.05) is 48.2 Å². The molecule has 2 heteroatoms. The van der Waals surface area contributed by atoms with Crippen molar-refractivity contribution in [3.63, 3.8) is 0 Å². The molecule has 1 nitrogen and oxygen atoms in total. The Morgan fingerprint density at radius 1 is 0.765 bits per heavy atom. The first-order valence-electron chi connectivity index (χ1n) is 5.74. The minimum Gasteiger partial charge on any atom is -0.289 e. The highest BCUT2D eigenvalue weighted by Gasteiger charge is 2.46. The first kappa shape index (κ1) is 9.49. The molecule has 2 aliphatic rings. The zero-order valence-electron chi connectivity index (χ0n) is 9.09. The van der Waals surface area contributed by atoms with Crippen molar-refractivity contribution in [2.24, 2.45) is 0 Å². The molecule has 2 atom stereocenters. The highest BCUT2D eigenvalue weighted by molar-refractivity contribution is 8.06. The maximum absolute atomic E-state index is 12.5. The Hall–Kier alpha value is -1.54. The van der Waals surface area contributed by atoms with Gasteiger partial charge in [-0.2, -0.15) is 0 Å². The quantitative estimate of drug-likeness (QED) is 0.650. The van der Waals surface area contributed by atoms with Crippen LogP contribution in [0.25, 0.3) is 0 Å². The number of fused-ring (bicyclic) bond motifs is 5. The van der Waals surface area contributed by atoms with Gasteiger partial charge in [-0.3, -0.25) is 4.79 Å². The minimum atomic E-state index is 0.184. The predicted octanol–water partition coefficient (Wildman–Crippen LogP) is 3.76. The second kappa shape index (κ2) is 3.23. The molecule has 1 aliphatic carbocycles. The van der Waals surface area contributed by atoms with E-state index < -0.39 is 0 Å². The van der Waals surface area contributed by atoms with Crippen LogP contribution in [0.5, 0.6) is 0 Å². The molecule has 1 aliphatic heterocycles. The summed E-state index contributed by atoms with van der Waals surface area (Å²) in [6, 6.07) is 16.1. The molecule has 4 rings (SSSR count). The Morgan fingerprint density at radius 3 is 1.76 bits per heavy atom. The first-order chi connectivity index (χ1) is 8.36. The summed E-state index contributed by atoms with van der Waals surface area (Å²) in [6.45, 7) is 0. The lowest BCUT2D eigenvalue weighted by Gasteiger charge is -2.06. The van der Waals surface area contributed by atoms with Crippen LogP contribution in [0.1, 0.15) is 37.5 Å². The molecule has 82 valence electrons. The van der Waals surface area contributed by atoms with E-state index >= 15 is 0 Å². The van der Waals surface area contributed by atoms with Gasteiger partial charge in [-0.05, 0) is 11.1 Å². The molecule has 1 heterocycles. The van der Waals surface area contributed by atoms with Crippen LogP contribution in [0.15, 0.2) is 48.5 Å². The lowest BCUT2D eigenvalue weighted by Crippen LogP contribution is -2.04. The Balaban J connectivity index is 2.03. The number of hydrogen-bond donors (Lipinski definition) is 0. The molecule has 0 aromatic heterocycles. The van der Waals surface area contributed by atoms with Crippen molar-refractivity contribution < 1.29 is 4.79 Å². The summed E-state index contributed by atoms with van der Waals surface area (Å²) < 4.78 is 0. The Morgan fingerprint density at radius 2 is 1.24 bits per heavy atom. The minimum absolute atomic E-state index is 0.184. The molecular formula is C15H10OS. The fourth-order valence-electron chi connectivity index (χ4n) is 2.63. The summed E-state index contributed by atoms with van der Waals surface area (Å²) in [5, 5.41) is 0.970. The van der Waals surface area contributed by atoms with Gasteiger partial charge < -0.3 is 0 Å². The third-order valence-electron chi connectivity index (χ3n) is 3.52. The number of benzene rings is 2. The Labute approximate surface area is 104 Å². The number of rotatable bonds is 0. The second-order valence-electron chi connectivity index (χ2n) is 4.48. The zero-order chi connectivity index (χ0) is 11.4. The van der Waals surface area contributed by atoms with E-state index in [1.54, 1.807) is 0 Å². The van der Waals surface area contributed by atoms with Crippen molar-refractivity contribution in [1.82, 2.24) is 0 Å². The van der Waals surface area contributed by atoms with Crippen LogP contribution in [-0.2, 0) is 0 Å². The van der Waals surface area contributed by atoms with Gasteiger partial charge in [0.2, 0.25) is 0 Å². The lowest BCUT2D eigenvalue weighted by atomic mass is 9.99. The van der Waals surface area contributed by atoms with Gasteiger partial charge in [0.15, 0.2) is 5.78 Å². The van der Waals surface area contributed by atoms with Crippen molar-refractivity contribution >= 4 is 17.5 Å². The summed E-state index contributed by atoms with van der Waals surface area (Å²) in [5.74, 6) is 0.184. The van der Waals surface area contributed by atoms with Crippen LogP contribution in [0.2, 0.25) is 0 Å². The first-order valence-corrected chi connectivity index (χ1v) is 6.68. The summed E-state index contributed by atoms with van der Waals surface area (Å²) >= 11 is 1.95. The van der Waals surface area contributed by atoms with E-state index in [9.17, 15) is 4.79 Å². The zero-order valence-corrected chi connectivity index (χ0v) is 9.91. The largest absolute Gasteiger partial charge is 0.289 e. The molecule has 1 saturated heterocycles. The van der Waals surface area contributed by atoms with Gasteiger partial charge in [-0.25, -0.2) is 0 Å². The van der Waals surface area contributed by atoms with E-state index in [2.05, 4.69) is 12.1 Å². The van der Waals surface area contributed by atoms with E-state index in [-0.39, 0.29) is 5.78 Å². The fraction of sp³-hybridized carbons (Fsp3) is 0.133. The molecule has 0 amide bonds. The molecule has 0 spiro atoms. The molecule has 2 aromatic rings. The maximum atomic E-state index is 12.5. The number of carbonyl (C=O) groups is 1. The van der Waals surface area contributed by atoms with Gasteiger partial charge >= 0.3 is 0 Å². The SMILES string of the molecule is O=C1c2ccccc2C2SC2c2ccccc21. The number of ketones is 1. The molecule has 2 unspecified atom stereocenters. The topological polar surface area (TPSA) is 17.1 Å². The monoisotopic (exact) mass is 238 g/mol. The third-order valence-corrected chi connectivity index (χ3v) is 4.84. The van der Waals surface area contributed by atoms with Crippen molar-refractivity contribution in [3.8, 4) is 0 Å². The van der Waals surface area contributed by atoms with Gasteiger partial charge in [0.25, 0.3) is 0 Å². The van der Waals surface area contributed by atoms with Crippen molar-refractivity contribution in [3.05, 3.63) is 70.8 Å². The number of hydrogen-bond acceptors (Lipinski definition) is 2. The number of thioether (sulfide) groups is 1. The molecule has 1 fully saturated rings. The van der Waals surface area contributed by atoms with E-state index in [1.165, 1.54) is 11.1 Å². The van der Waals surface area contributed by atoms with Crippen LogP contribution >= 0.6 is 11.8 Å². The predicted molar refractivity (Wildman–Crippen MR) is 69.4 cm³/mol. The van der Waals surface area contributed by atoms with E-state index in [0.717, 1.165) is 11.1 Å². The molecule has 0 saturated carbocycles. The number of carbonyl (C=O) groups excluding carboxylic acids is 1. The molecule has 0 bridgehead atoms. The van der Waals surface area contributed by atoms with Crippen LogP contribution < -0.4 is 0 Å². The Kier molecular flexibility index (Phi) is 1.80. The lowest BCUT2D eigenvalue weighted by molar-refractivity contribution is 0.103. The van der Waals surface area contributed by atoms with Crippen LogP contribution in [0.3, 0.4) is 0 Å². The van der Waals surface area contributed by atoms with Crippen LogP contribution in [-0.4, -0.2) is 5.78 Å². The smallest absolute Gasteiger partial charge is 0.193 e. The molecule has 2 aromatic carbocycles. The summed E-state index contributed by atoms with van der Waals surface area (Å²) in [7, 11) is 0. The molecule has 17 heavy (non-hydrogen) atoms. The molecular weight excluding hydrogens is 228 g/mol. The average molecular weight is 238 g/mol. The van der Waals surface area contributed by atoms with E-state index in [4.69, 9.17) is 0 Å². The molecule has 0 N–H and O–H groups in total. The summed E-state index contributed by atoms with van der Waals surface area (Å²) in [5.41, 5.74) is 4.20. The average Bonchev–Trinajstić information content (AvgIpc) is 3.18. The van der Waals surface area contributed by atoms with Crippen molar-refractivity contribution in [1.29, 1.82) is 0 Å². The highest BCUT2D eigenvalue weighted by Crippen LogP contribution is 2.68. The van der Waals surface area contributed by atoms with Gasteiger partial charge in [0.1, 0.15) is 0 Å². The fourth-order valence-corrected chi connectivity index (χ4v) is 3.86. The Bertz CT molecular complexity index is 579. The summed E-state index contributed by atoms with van der Waals surface area (Å²) in [6.07, 6.45) is 0.